The Labute approximate surface area is 165 Å². The van der Waals surface area contributed by atoms with Gasteiger partial charge in [0.25, 0.3) is 5.91 Å². The Morgan fingerprint density at radius 1 is 1.00 bits per heavy atom. The Hall–Kier alpha value is -2.89. The third-order valence-corrected chi connectivity index (χ3v) is 4.98. The van der Waals surface area contributed by atoms with Gasteiger partial charge < -0.3 is 5.32 Å². The van der Waals surface area contributed by atoms with Crippen LogP contribution < -0.4 is 5.32 Å². The topological polar surface area (TPSA) is 59.8 Å². The molecule has 1 amide bonds. The summed E-state index contributed by atoms with van der Waals surface area (Å²) in [5, 5.41) is 3.42. The Bertz CT molecular complexity index is 1120. The molecule has 5 nitrogen and oxygen atoms in total. The number of pyridine rings is 1. The van der Waals surface area contributed by atoms with Crippen LogP contribution in [0.1, 0.15) is 15.9 Å². The van der Waals surface area contributed by atoms with Gasteiger partial charge >= 0.3 is 0 Å². The molecular formula is C20H14Cl2N4O. The van der Waals surface area contributed by atoms with Gasteiger partial charge in [0.05, 0.1) is 26.6 Å². The molecule has 27 heavy (non-hydrogen) atoms. The lowest BCUT2D eigenvalue weighted by Crippen LogP contribution is -2.23. The van der Waals surface area contributed by atoms with Crippen molar-refractivity contribution in [3.63, 3.8) is 0 Å². The van der Waals surface area contributed by atoms with Gasteiger partial charge in [0.1, 0.15) is 12.1 Å². The fraction of sp³-hybridized carbons (Fsp3) is 0.0500. The van der Waals surface area contributed by atoms with Crippen molar-refractivity contribution in [2.24, 2.45) is 0 Å². The van der Waals surface area contributed by atoms with Crippen molar-refractivity contribution in [3.8, 4) is 5.82 Å². The number of carbonyl (C=O) groups excluding carboxylic acids is 1. The minimum atomic E-state index is -0.285. The lowest BCUT2D eigenvalue weighted by atomic mass is 10.2. The lowest BCUT2D eigenvalue weighted by molar-refractivity contribution is 0.0951. The first-order valence-corrected chi connectivity index (χ1v) is 8.98. The number of fused-ring (bicyclic) bond motifs is 1. The van der Waals surface area contributed by atoms with Crippen LogP contribution in [0.25, 0.3) is 16.9 Å². The van der Waals surface area contributed by atoms with Crippen LogP contribution in [-0.2, 0) is 6.54 Å². The zero-order valence-corrected chi connectivity index (χ0v) is 15.6. The van der Waals surface area contributed by atoms with E-state index < -0.39 is 0 Å². The van der Waals surface area contributed by atoms with E-state index in [0.717, 1.165) is 22.4 Å². The third-order valence-electron chi connectivity index (χ3n) is 4.16. The molecular weight excluding hydrogens is 383 g/mol. The molecule has 2 aromatic carbocycles. The van der Waals surface area contributed by atoms with E-state index in [4.69, 9.17) is 23.2 Å². The number of carbonyl (C=O) groups is 1. The summed E-state index contributed by atoms with van der Waals surface area (Å²) in [4.78, 5) is 21.2. The first-order valence-electron chi connectivity index (χ1n) is 8.23. The number of nitrogens with zero attached hydrogens (tertiary/aromatic N) is 3. The number of hydrogen-bond donors (Lipinski definition) is 1. The van der Waals surface area contributed by atoms with E-state index in [-0.39, 0.29) is 10.9 Å². The molecule has 134 valence electrons. The predicted octanol–water partition coefficient (Wildman–Crippen LogP) is 4.66. The normalized spacial score (nSPS) is 10.9. The molecule has 0 radical (unpaired) electrons. The zero-order chi connectivity index (χ0) is 18.8. The minimum Gasteiger partial charge on any atom is -0.348 e. The van der Waals surface area contributed by atoms with Gasteiger partial charge in [0.15, 0.2) is 0 Å². The number of halogens is 2. The van der Waals surface area contributed by atoms with Gasteiger partial charge in [-0.2, -0.15) is 0 Å². The Morgan fingerprint density at radius 3 is 2.67 bits per heavy atom. The van der Waals surface area contributed by atoms with Gasteiger partial charge in [-0.1, -0.05) is 47.5 Å². The van der Waals surface area contributed by atoms with Crippen molar-refractivity contribution in [1.82, 2.24) is 19.9 Å². The second-order valence-electron chi connectivity index (χ2n) is 5.91. The quantitative estimate of drug-likeness (QED) is 0.545. The number of imidazole rings is 1. The molecule has 7 heteroatoms. The highest BCUT2D eigenvalue weighted by atomic mass is 35.5. The van der Waals surface area contributed by atoms with Crippen molar-refractivity contribution >= 4 is 40.1 Å². The Morgan fingerprint density at radius 2 is 1.85 bits per heavy atom. The predicted molar refractivity (Wildman–Crippen MR) is 106 cm³/mol. The first-order chi connectivity index (χ1) is 13.1. The number of hydrogen-bond acceptors (Lipinski definition) is 3. The summed E-state index contributed by atoms with van der Waals surface area (Å²) in [6, 6.07) is 16.6. The fourth-order valence-corrected chi connectivity index (χ4v) is 3.15. The molecule has 2 aromatic heterocycles. The highest BCUT2D eigenvalue weighted by Gasteiger charge is 2.12. The van der Waals surface area contributed by atoms with E-state index in [1.165, 1.54) is 0 Å². The van der Waals surface area contributed by atoms with Crippen LogP contribution in [0.3, 0.4) is 0 Å². The van der Waals surface area contributed by atoms with Crippen molar-refractivity contribution in [1.29, 1.82) is 0 Å². The van der Waals surface area contributed by atoms with E-state index in [0.29, 0.717) is 17.1 Å². The molecule has 0 atom stereocenters. The van der Waals surface area contributed by atoms with Crippen molar-refractivity contribution < 1.29 is 4.79 Å². The van der Waals surface area contributed by atoms with Gasteiger partial charge in [0.2, 0.25) is 0 Å². The molecule has 0 spiro atoms. The van der Waals surface area contributed by atoms with Crippen molar-refractivity contribution in [2.75, 3.05) is 0 Å². The molecule has 0 fully saturated rings. The van der Waals surface area contributed by atoms with Crippen LogP contribution in [0, 0.1) is 0 Å². The van der Waals surface area contributed by atoms with Crippen molar-refractivity contribution in [2.45, 2.75) is 6.54 Å². The van der Waals surface area contributed by atoms with E-state index in [1.807, 2.05) is 41.0 Å². The van der Waals surface area contributed by atoms with Crippen LogP contribution in [0.15, 0.2) is 67.1 Å². The van der Waals surface area contributed by atoms with Gasteiger partial charge in [-0.15, -0.1) is 0 Å². The molecule has 0 aliphatic rings. The fourth-order valence-electron chi connectivity index (χ4n) is 2.76. The number of nitrogens with one attached hydrogen (secondary N) is 1. The van der Waals surface area contributed by atoms with E-state index >= 15 is 0 Å². The standard InChI is InChI=1S/C20H14Cl2N4O/c21-15-5-3-4-14(19(15)22)20(27)24-11-13-8-9-18(23-10-13)26-12-25-16-6-1-2-7-17(16)26/h1-10,12H,11H2,(H,24,27). The van der Waals surface area contributed by atoms with Gasteiger partial charge in [-0.3, -0.25) is 9.36 Å². The maximum absolute atomic E-state index is 12.3. The van der Waals surface area contributed by atoms with Gasteiger partial charge in [-0.05, 0) is 35.9 Å². The summed E-state index contributed by atoms with van der Waals surface area (Å²) < 4.78 is 1.92. The number of amides is 1. The summed E-state index contributed by atoms with van der Waals surface area (Å²) in [6.07, 6.45) is 3.47. The SMILES string of the molecule is O=C(NCc1ccc(-n2cnc3ccccc32)nc1)c1cccc(Cl)c1Cl. The number of aromatic nitrogens is 3. The average Bonchev–Trinajstić information content (AvgIpc) is 3.13. The molecule has 2 heterocycles. The Balaban J connectivity index is 1.48. The first kappa shape index (κ1) is 17.5. The highest BCUT2D eigenvalue weighted by Crippen LogP contribution is 2.25. The third kappa shape index (κ3) is 3.52. The summed E-state index contributed by atoms with van der Waals surface area (Å²) >= 11 is 12.0. The summed E-state index contributed by atoms with van der Waals surface area (Å²) in [6.45, 7) is 0.333. The van der Waals surface area contributed by atoms with Crippen LogP contribution in [0.4, 0.5) is 0 Å². The molecule has 0 aliphatic carbocycles. The van der Waals surface area contributed by atoms with Crippen LogP contribution in [0.2, 0.25) is 10.0 Å². The zero-order valence-electron chi connectivity index (χ0n) is 14.1. The number of rotatable bonds is 4. The Kier molecular flexibility index (Phi) is 4.79. The smallest absolute Gasteiger partial charge is 0.253 e. The van der Waals surface area contributed by atoms with Crippen molar-refractivity contribution in [3.05, 3.63) is 88.3 Å². The molecule has 1 N–H and O–H groups in total. The molecule has 0 saturated heterocycles. The number of para-hydroxylation sites is 2. The highest BCUT2D eigenvalue weighted by molar-refractivity contribution is 6.43. The molecule has 0 bridgehead atoms. The van der Waals surface area contributed by atoms with E-state index in [1.54, 1.807) is 30.7 Å². The molecule has 4 aromatic rings. The minimum absolute atomic E-state index is 0.247. The van der Waals surface area contributed by atoms with Gasteiger partial charge in [0, 0.05) is 12.7 Å². The summed E-state index contributed by atoms with van der Waals surface area (Å²) in [7, 11) is 0. The summed E-state index contributed by atoms with van der Waals surface area (Å²) in [5.41, 5.74) is 3.11. The largest absolute Gasteiger partial charge is 0.348 e. The average molecular weight is 397 g/mol. The van der Waals surface area contributed by atoms with Crippen LogP contribution in [-0.4, -0.2) is 20.4 Å². The number of benzene rings is 2. The molecule has 4 rings (SSSR count). The molecule has 0 aliphatic heterocycles. The van der Waals surface area contributed by atoms with Crippen LogP contribution >= 0.6 is 23.2 Å². The molecule has 0 unspecified atom stereocenters. The maximum atomic E-state index is 12.3. The maximum Gasteiger partial charge on any atom is 0.253 e. The second-order valence-corrected chi connectivity index (χ2v) is 6.70. The second kappa shape index (κ2) is 7.39. The van der Waals surface area contributed by atoms with Gasteiger partial charge in [-0.25, -0.2) is 9.97 Å². The van der Waals surface area contributed by atoms with E-state index in [2.05, 4.69) is 15.3 Å². The molecule has 0 saturated carbocycles. The lowest BCUT2D eigenvalue weighted by Gasteiger charge is -2.08. The summed E-state index contributed by atoms with van der Waals surface area (Å²) in [5.74, 6) is 0.476. The monoisotopic (exact) mass is 396 g/mol. The van der Waals surface area contributed by atoms with E-state index in [9.17, 15) is 4.79 Å². The van der Waals surface area contributed by atoms with Crippen LogP contribution in [0.5, 0.6) is 0 Å².